The van der Waals surface area contributed by atoms with Crippen LogP contribution in [-0.4, -0.2) is 20.7 Å². The van der Waals surface area contributed by atoms with Crippen LogP contribution >= 0.6 is 0 Å². The molecule has 2 heterocycles. The summed E-state index contributed by atoms with van der Waals surface area (Å²) in [7, 11) is 1.90. The Kier molecular flexibility index (Phi) is 4.18. The summed E-state index contributed by atoms with van der Waals surface area (Å²) < 4.78 is 15.7. The minimum absolute atomic E-state index is 0.116. The molecule has 4 aromatic rings. The van der Waals surface area contributed by atoms with E-state index in [0.29, 0.717) is 12.1 Å². The lowest BCUT2D eigenvalue weighted by Gasteiger charge is -2.05. The number of para-hydroxylation sites is 1. The molecule has 2 aromatic heterocycles. The molecule has 0 bridgehead atoms. The van der Waals surface area contributed by atoms with Crippen molar-refractivity contribution in [1.82, 2.24) is 20.1 Å². The summed E-state index contributed by atoms with van der Waals surface area (Å²) >= 11 is 0. The molecule has 4 rings (SSSR count). The van der Waals surface area contributed by atoms with Crippen LogP contribution in [0.2, 0.25) is 0 Å². The molecule has 0 saturated heterocycles. The molecular formula is C21H21FN4O. The van der Waals surface area contributed by atoms with Crippen molar-refractivity contribution in [2.45, 2.75) is 26.8 Å². The van der Waals surface area contributed by atoms with Gasteiger partial charge < -0.3 is 10.3 Å². The molecule has 0 saturated carbocycles. The molecule has 0 aliphatic rings. The molecule has 2 aromatic carbocycles. The Bertz CT molecular complexity index is 1170. The van der Waals surface area contributed by atoms with E-state index in [-0.39, 0.29) is 18.1 Å². The number of benzene rings is 2. The average Bonchev–Trinajstić information content (AvgIpc) is 3.11. The molecule has 1 amide bonds. The lowest BCUT2D eigenvalue weighted by Crippen LogP contribution is -2.25. The molecule has 2 N–H and O–H groups in total. The fraction of sp³-hybridized carbons (Fsp3) is 0.238. The summed E-state index contributed by atoms with van der Waals surface area (Å²) in [4.78, 5) is 15.6. The Hall–Kier alpha value is -3.15. The standard InChI is InChI=1S/C21H21FN4O/c1-12-7-8-19-16(9-12)18(25-26(19)3)11-23-20(27)10-15-13(2)24-21-14(15)5-4-6-17(21)22/h4-9,24H,10-11H2,1-3H3,(H,23,27). The number of carbonyl (C=O) groups is 1. The van der Waals surface area contributed by atoms with Gasteiger partial charge in [-0.15, -0.1) is 0 Å². The van der Waals surface area contributed by atoms with E-state index in [9.17, 15) is 9.18 Å². The van der Waals surface area contributed by atoms with Crippen LogP contribution in [0, 0.1) is 19.7 Å². The van der Waals surface area contributed by atoms with Gasteiger partial charge in [0, 0.05) is 23.5 Å². The summed E-state index contributed by atoms with van der Waals surface area (Å²) in [5.74, 6) is -0.424. The van der Waals surface area contributed by atoms with E-state index < -0.39 is 0 Å². The highest BCUT2D eigenvalue weighted by Gasteiger charge is 2.15. The van der Waals surface area contributed by atoms with E-state index in [0.717, 1.165) is 38.8 Å². The molecule has 0 aliphatic carbocycles. The van der Waals surface area contributed by atoms with Crippen LogP contribution < -0.4 is 5.32 Å². The van der Waals surface area contributed by atoms with Gasteiger partial charge in [0.1, 0.15) is 5.82 Å². The highest BCUT2D eigenvalue weighted by molar-refractivity contribution is 5.90. The maximum absolute atomic E-state index is 13.9. The lowest BCUT2D eigenvalue weighted by atomic mass is 10.1. The van der Waals surface area contributed by atoms with Gasteiger partial charge in [-0.2, -0.15) is 5.10 Å². The summed E-state index contributed by atoms with van der Waals surface area (Å²) in [6.45, 7) is 4.25. The maximum Gasteiger partial charge on any atom is 0.224 e. The molecule has 138 valence electrons. The van der Waals surface area contributed by atoms with Gasteiger partial charge >= 0.3 is 0 Å². The third-order valence-electron chi connectivity index (χ3n) is 4.98. The predicted molar refractivity (Wildman–Crippen MR) is 104 cm³/mol. The fourth-order valence-electron chi connectivity index (χ4n) is 3.58. The molecule has 0 unspecified atom stereocenters. The van der Waals surface area contributed by atoms with Gasteiger partial charge in [-0.25, -0.2) is 4.39 Å². The second-order valence-electron chi connectivity index (χ2n) is 6.94. The molecule has 27 heavy (non-hydrogen) atoms. The van der Waals surface area contributed by atoms with Gasteiger partial charge in [-0.1, -0.05) is 23.8 Å². The zero-order valence-corrected chi connectivity index (χ0v) is 15.6. The van der Waals surface area contributed by atoms with E-state index >= 15 is 0 Å². The zero-order chi connectivity index (χ0) is 19.1. The van der Waals surface area contributed by atoms with Crippen molar-refractivity contribution in [2.75, 3.05) is 0 Å². The van der Waals surface area contributed by atoms with E-state index in [1.807, 2.05) is 43.8 Å². The quantitative estimate of drug-likeness (QED) is 0.580. The number of halogens is 1. The van der Waals surface area contributed by atoms with Crippen molar-refractivity contribution in [3.8, 4) is 0 Å². The number of H-pyrrole nitrogens is 1. The van der Waals surface area contributed by atoms with Crippen LogP contribution in [-0.2, 0) is 24.8 Å². The van der Waals surface area contributed by atoms with Crippen LogP contribution in [0.25, 0.3) is 21.8 Å². The Morgan fingerprint density at radius 3 is 2.85 bits per heavy atom. The van der Waals surface area contributed by atoms with Gasteiger partial charge in [0.2, 0.25) is 5.91 Å². The highest BCUT2D eigenvalue weighted by atomic mass is 19.1. The molecule has 0 atom stereocenters. The molecule has 0 spiro atoms. The summed E-state index contributed by atoms with van der Waals surface area (Å²) in [6, 6.07) is 11.1. The predicted octanol–water partition coefficient (Wildman–Crippen LogP) is 3.67. The number of fused-ring (bicyclic) bond motifs is 2. The SMILES string of the molecule is Cc1ccc2c(c1)c(CNC(=O)Cc1c(C)[nH]c3c(F)cccc13)nn2C. The number of hydrogen-bond acceptors (Lipinski definition) is 2. The van der Waals surface area contributed by atoms with Crippen LogP contribution in [0.4, 0.5) is 4.39 Å². The minimum Gasteiger partial charge on any atom is -0.356 e. The Morgan fingerprint density at radius 1 is 1.22 bits per heavy atom. The first-order valence-electron chi connectivity index (χ1n) is 8.88. The van der Waals surface area contributed by atoms with Gasteiger partial charge in [0.25, 0.3) is 0 Å². The average molecular weight is 364 g/mol. The van der Waals surface area contributed by atoms with Gasteiger partial charge in [0.05, 0.1) is 29.7 Å². The topological polar surface area (TPSA) is 62.7 Å². The van der Waals surface area contributed by atoms with Gasteiger partial charge in [-0.3, -0.25) is 9.48 Å². The first-order valence-corrected chi connectivity index (χ1v) is 8.88. The number of nitrogens with zero attached hydrogens (tertiary/aromatic N) is 2. The van der Waals surface area contributed by atoms with Crippen LogP contribution in [0.5, 0.6) is 0 Å². The number of aryl methyl sites for hydroxylation is 3. The Morgan fingerprint density at radius 2 is 2.04 bits per heavy atom. The summed E-state index contributed by atoms with van der Waals surface area (Å²) in [6.07, 6.45) is 0.194. The van der Waals surface area contributed by atoms with Crippen molar-refractivity contribution in [1.29, 1.82) is 0 Å². The van der Waals surface area contributed by atoms with Crippen molar-refractivity contribution in [3.63, 3.8) is 0 Å². The first-order chi connectivity index (χ1) is 12.9. The molecular weight excluding hydrogens is 343 g/mol. The molecule has 0 radical (unpaired) electrons. The summed E-state index contributed by atoms with van der Waals surface area (Å²) in [5.41, 5.74) is 5.11. The Balaban J connectivity index is 1.54. The fourth-order valence-corrected chi connectivity index (χ4v) is 3.58. The molecule has 5 nitrogen and oxygen atoms in total. The summed E-state index contributed by atoms with van der Waals surface area (Å²) in [5, 5.41) is 9.27. The van der Waals surface area contributed by atoms with Crippen LogP contribution in [0.1, 0.15) is 22.5 Å². The van der Waals surface area contributed by atoms with Crippen molar-refractivity contribution in [2.24, 2.45) is 7.05 Å². The molecule has 0 fully saturated rings. The second kappa shape index (κ2) is 6.54. The van der Waals surface area contributed by atoms with Gasteiger partial charge in [-0.05, 0) is 37.6 Å². The third-order valence-corrected chi connectivity index (χ3v) is 4.98. The maximum atomic E-state index is 13.9. The monoisotopic (exact) mass is 364 g/mol. The number of aromatic nitrogens is 3. The molecule has 6 heteroatoms. The third kappa shape index (κ3) is 3.07. The van der Waals surface area contributed by atoms with E-state index in [2.05, 4.69) is 21.5 Å². The highest BCUT2D eigenvalue weighted by Crippen LogP contribution is 2.25. The molecule has 0 aliphatic heterocycles. The lowest BCUT2D eigenvalue weighted by molar-refractivity contribution is -0.120. The first kappa shape index (κ1) is 17.3. The van der Waals surface area contributed by atoms with E-state index in [4.69, 9.17) is 0 Å². The zero-order valence-electron chi connectivity index (χ0n) is 15.6. The minimum atomic E-state index is -0.308. The normalized spacial score (nSPS) is 11.4. The van der Waals surface area contributed by atoms with Crippen LogP contribution in [0.3, 0.4) is 0 Å². The number of nitrogens with one attached hydrogen (secondary N) is 2. The van der Waals surface area contributed by atoms with Crippen molar-refractivity contribution >= 4 is 27.7 Å². The second-order valence-corrected chi connectivity index (χ2v) is 6.94. The number of hydrogen-bond donors (Lipinski definition) is 2. The smallest absolute Gasteiger partial charge is 0.224 e. The number of carbonyl (C=O) groups excluding carboxylic acids is 1. The number of rotatable bonds is 4. The Labute approximate surface area is 156 Å². The van der Waals surface area contributed by atoms with E-state index in [1.165, 1.54) is 6.07 Å². The number of aromatic amines is 1. The van der Waals surface area contributed by atoms with Crippen LogP contribution in [0.15, 0.2) is 36.4 Å². The van der Waals surface area contributed by atoms with Crippen molar-refractivity contribution < 1.29 is 9.18 Å². The van der Waals surface area contributed by atoms with E-state index in [1.54, 1.807) is 6.07 Å². The van der Waals surface area contributed by atoms with Gasteiger partial charge in [0.15, 0.2) is 0 Å². The number of amides is 1. The largest absolute Gasteiger partial charge is 0.356 e. The van der Waals surface area contributed by atoms with Crippen molar-refractivity contribution in [3.05, 3.63) is 64.7 Å².